The van der Waals surface area contributed by atoms with Crippen molar-refractivity contribution in [1.82, 2.24) is 4.90 Å². The maximum absolute atomic E-state index is 13.2. The minimum atomic E-state index is -0.526. The van der Waals surface area contributed by atoms with E-state index in [0.29, 0.717) is 69.8 Å². The third-order valence-electron chi connectivity index (χ3n) is 6.61. The van der Waals surface area contributed by atoms with E-state index in [1.165, 1.54) is 0 Å². The lowest BCUT2D eigenvalue weighted by Gasteiger charge is -2.39. The van der Waals surface area contributed by atoms with Crippen LogP contribution in [-0.4, -0.2) is 67.3 Å². The molecule has 4 heterocycles. The first kappa shape index (κ1) is 19.5. The molecule has 30 heavy (non-hydrogen) atoms. The van der Waals surface area contributed by atoms with Gasteiger partial charge in [-0.1, -0.05) is 6.92 Å². The highest BCUT2D eigenvalue weighted by molar-refractivity contribution is 6.15. The van der Waals surface area contributed by atoms with E-state index in [9.17, 15) is 14.4 Å². The Morgan fingerprint density at radius 3 is 2.57 bits per heavy atom. The van der Waals surface area contributed by atoms with Crippen LogP contribution in [0.25, 0.3) is 0 Å². The topological polar surface area (TPSA) is 79.4 Å². The third kappa shape index (κ3) is 3.01. The van der Waals surface area contributed by atoms with Crippen molar-refractivity contribution >= 4 is 29.1 Å². The summed E-state index contributed by atoms with van der Waals surface area (Å²) in [5.74, 6) is -0.662. The molecule has 1 aromatic carbocycles. The van der Waals surface area contributed by atoms with Crippen LogP contribution in [-0.2, 0) is 19.1 Å². The van der Waals surface area contributed by atoms with Crippen molar-refractivity contribution in [3.05, 3.63) is 23.8 Å². The predicted octanol–water partition coefficient (Wildman–Crippen LogP) is 1.92. The summed E-state index contributed by atoms with van der Waals surface area (Å²) in [7, 11) is 0. The molecule has 0 radical (unpaired) electrons. The molecule has 0 aliphatic carbocycles. The summed E-state index contributed by atoms with van der Waals surface area (Å²) in [6.07, 6.45) is 3.06. The number of benzene rings is 1. The molecule has 8 nitrogen and oxygen atoms in total. The SMILES string of the molecule is CCCN1C(=O)C2CCC(=O)N2c2ccc(C(=O)N3CCC4(CC3)OCCO4)cc21. The highest BCUT2D eigenvalue weighted by Crippen LogP contribution is 2.41. The minimum Gasteiger partial charge on any atom is -0.347 e. The van der Waals surface area contributed by atoms with E-state index in [4.69, 9.17) is 9.47 Å². The number of rotatable bonds is 3. The van der Waals surface area contributed by atoms with Gasteiger partial charge in [-0.2, -0.15) is 0 Å². The number of likely N-dealkylation sites (tertiary alicyclic amines) is 1. The van der Waals surface area contributed by atoms with Crippen LogP contribution in [0.3, 0.4) is 0 Å². The Labute approximate surface area is 175 Å². The minimum absolute atomic E-state index is 0.0253. The van der Waals surface area contributed by atoms with Gasteiger partial charge in [0.15, 0.2) is 5.79 Å². The van der Waals surface area contributed by atoms with E-state index < -0.39 is 11.8 Å². The summed E-state index contributed by atoms with van der Waals surface area (Å²) in [6.45, 7) is 4.95. The molecule has 160 valence electrons. The predicted molar refractivity (Wildman–Crippen MR) is 109 cm³/mol. The zero-order chi connectivity index (χ0) is 20.9. The first-order valence-electron chi connectivity index (χ1n) is 10.9. The summed E-state index contributed by atoms with van der Waals surface area (Å²) in [5.41, 5.74) is 1.93. The molecule has 1 unspecified atom stereocenters. The van der Waals surface area contributed by atoms with Gasteiger partial charge in [0.05, 0.1) is 24.6 Å². The van der Waals surface area contributed by atoms with Crippen molar-refractivity contribution in [3.8, 4) is 0 Å². The number of nitrogens with zero attached hydrogens (tertiary/aromatic N) is 3. The second kappa shape index (κ2) is 7.35. The van der Waals surface area contributed by atoms with Crippen LogP contribution in [0.15, 0.2) is 18.2 Å². The largest absolute Gasteiger partial charge is 0.347 e. The Bertz CT molecular complexity index is 885. The van der Waals surface area contributed by atoms with Gasteiger partial charge in [-0.25, -0.2) is 0 Å². The molecule has 5 rings (SSSR count). The molecule has 0 N–H and O–H groups in total. The van der Waals surface area contributed by atoms with Crippen molar-refractivity contribution < 1.29 is 23.9 Å². The number of ether oxygens (including phenoxy) is 2. The van der Waals surface area contributed by atoms with E-state index in [1.54, 1.807) is 21.9 Å². The second-order valence-corrected chi connectivity index (χ2v) is 8.41. The fourth-order valence-corrected chi connectivity index (χ4v) is 5.07. The van der Waals surface area contributed by atoms with Crippen molar-refractivity contribution in [3.63, 3.8) is 0 Å². The molecule has 3 saturated heterocycles. The van der Waals surface area contributed by atoms with Crippen LogP contribution in [0.5, 0.6) is 0 Å². The van der Waals surface area contributed by atoms with Crippen molar-refractivity contribution in [1.29, 1.82) is 0 Å². The molecule has 8 heteroatoms. The number of carbonyl (C=O) groups is 3. The number of piperidine rings is 1. The molecular formula is C22H27N3O5. The van der Waals surface area contributed by atoms with Gasteiger partial charge in [-0.15, -0.1) is 0 Å². The smallest absolute Gasteiger partial charge is 0.253 e. The normalized spacial score (nSPS) is 25.1. The molecule has 0 bridgehead atoms. The van der Waals surface area contributed by atoms with Gasteiger partial charge in [-0.05, 0) is 31.0 Å². The van der Waals surface area contributed by atoms with E-state index in [2.05, 4.69) is 0 Å². The van der Waals surface area contributed by atoms with Crippen LogP contribution in [0, 0.1) is 0 Å². The Balaban J connectivity index is 1.42. The maximum Gasteiger partial charge on any atom is 0.253 e. The quantitative estimate of drug-likeness (QED) is 0.757. The summed E-state index contributed by atoms with van der Waals surface area (Å²) >= 11 is 0. The fourth-order valence-electron chi connectivity index (χ4n) is 5.07. The van der Waals surface area contributed by atoms with Crippen molar-refractivity contribution in [2.24, 2.45) is 0 Å². The van der Waals surface area contributed by atoms with Crippen molar-refractivity contribution in [2.45, 2.75) is 50.9 Å². The summed E-state index contributed by atoms with van der Waals surface area (Å²) in [6, 6.07) is 4.96. The van der Waals surface area contributed by atoms with E-state index in [1.807, 2.05) is 17.9 Å². The molecule has 1 atom stereocenters. The Kier molecular flexibility index (Phi) is 4.78. The Morgan fingerprint density at radius 1 is 1.13 bits per heavy atom. The lowest BCUT2D eigenvalue weighted by Crippen LogP contribution is -2.52. The molecule has 0 saturated carbocycles. The number of carbonyl (C=O) groups excluding carboxylic acids is 3. The fraction of sp³-hybridized carbons (Fsp3) is 0.591. The lowest BCUT2D eigenvalue weighted by molar-refractivity contribution is -0.181. The Morgan fingerprint density at radius 2 is 1.87 bits per heavy atom. The average molecular weight is 413 g/mol. The van der Waals surface area contributed by atoms with Crippen LogP contribution >= 0.6 is 0 Å². The molecule has 0 aromatic heterocycles. The van der Waals surface area contributed by atoms with E-state index in [0.717, 1.165) is 12.1 Å². The molecule has 3 amide bonds. The number of amides is 3. The van der Waals surface area contributed by atoms with Crippen LogP contribution < -0.4 is 9.80 Å². The van der Waals surface area contributed by atoms with Crippen LogP contribution in [0.1, 0.15) is 49.4 Å². The van der Waals surface area contributed by atoms with Crippen molar-refractivity contribution in [2.75, 3.05) is 42.6 Å². The number of hydrogen-bond donors (Lipinski definition) is 0. The zero-order valence-corrected chi connectivity index (χ0v) is 17.3. The van der Waals surface area contributed by atoms with Gasteiger partial charge in [-0.3, -0.25) is 19.3 Å². The Hall–Kier alpha value is -2.45. The summed E-state index contributed by atoms with van der Waals surface area (Å²) < 4.78 is 11.5. The van der Waals surface area contributed by atoms with E-state index in [-0.39, 0.29) is 17.7 Å². The molecule has 3 fully saturated rings. The number of anilines is 2. The van der Waals surface area contributed by atoms with Gasteiger partial charge in [0.25, 0.3) is 5.91 Å². The number of hydrogen-bond acceptors (Lipinski definition) is 5. The van der Waals surface area contributed by atoms with Gasteiger partial charge in [0, 0.05) is 44.5 Å². The van der Waals surface area contributed by atoms with E-state index >= 15 is 0 Å². The summed E-state index contributed by atoms with van der Waals surface area (Å²) in [5, 5.41) is 0. The number of fused-ring (bicyclic) bond motifs is 3. The lowest BCUT2D eigenvalue weighted by atomic mass is 10.0. The maximum atomic E-state index is 13.2. The molecular weight excluding hydrogens is 386 g/mol. The van der Waals surface area contributed by atoms with Crippen LogP contribution in [0.4, 0.5) is 11.4 Å². The van der Waals surface area contributed by atoms with Gasteiger partial charge in [0.2, 0.25) is 11.8 Å². The summed E-state index contributed by atoms with van der Waals surface area (Å²) in [4.78, 5) is 43.8. The monoisotopic (exact) mass is 413 g/mol. The molecule has 1 spiro atoms. The average Bonchev–Trinajstić information content (AvgIpc) is 3.38. The molecule has 4 aliphatic heterocycles. The van der Waals surface area contributed by atoms with Gasteiger partial charge >= 0.3 is 0 Å². The van der Waals surface area contributed by atoms with Crippen LogP contribution in [0.2, 0.25) is 0 Å². The second-order valence-electron chi connectivity index (χ2n) is 8.41. The first-order valence-corrected chi connectivity index (χ1v) is 10.9. The highest BCUT2D eigenvalue weighted by Gasteiger charge is 2.45. The zero-order valence-electron chi connectivity index (χ0n) is 17.3. The van der Waals surface area contributed by atoms with Gasteiger partial charge < -0.3 is 19.3 Å². The standard InChI is InChI=1S/C22H27N3O5/c1-2-9-24-18-14-15(3-4-16(18)25-17(21(24)28)5-6-19(25)26)20(27)23-10-7-22(8-11-23)29-12-13-30-22/h3-4,14,17H,2,5-13H2,1H3. The highest BCUT2D eigenvalue weighted by atomic mass is 16.7. The molecule has 4 aliphatic rings. The molecule has 1 aromatic rings. The van der Waals surface area contributed by atoms with Gasteiger partial charge in [0.1, 0.15) is 6.04 Å². The third-order valence-corrected chi connectivity index (χ3v) is 6.61. The first-order chi connectivity index (χ1) is 14.5.